The summed E-state index contributed by atoms with van der Waals surface area (Å²) in [6.07, 6.45) is 1.48. The third kappa shape index (κ3) is 1.37. The number of halogens is 1. The lowest BCUT2D eigenvalue weighted by molar-refractivity contribution is 0.415. The molecule has 2 aromatic heterocycles. The summed E-state index contributed by atoms with van der Waals surface area (Å²) >= 11 is 6.10. The molecule has 3 rings (SSSR count). The van der Waals surface area contributed by atoms with Crippen molar-refractivity contribution >= 4 is 33.5 Å². The number of fused-ring (bicyclic) bond motifs is 3. The third-order valence-corrected chi connectivity index (χ3v) is 3.21. The van der Waals surface area contributed by atoms with Crippen LogP contribution in [-0.2, 0) is 7.05 Å². The van der Waals surface area contributed by atoms with Gasteiger partial charge in [-0.25, -0.2) is 9.97 Å². The van der Waals surface area contributed by atoms with Gasteiger partial charge in [-0.1, -0.05) is 11.6 Å². The van der Waals surface area contributed by atoms with E-state index in [-0.39, 0.29) is 0 Å². The molecular formula is C12H10ClN3O. The molecule has 0 N–H and O–H groups in total. The van der Waals surface area contributed by atoms with Gasteiger partial charge in [0.15, 0.2) is 5.15 Å². The lowest BCUT2D eigenvalue weighted by Gasteiger charge is -2.01. The molecule has 0 saturated carbocycles. The number of benzene rings is 1. The third-order valence-electron chi connectivity index (χ3n) is 2.93. The molecule has 3 aromatic rings. The predicted molar refractivity (Wildman–Crippen MR) is 67.6 cm³/mol. The minimum atomic E-state index is 0.465. The molecule has 0 saturated heterocycles. The molecule has 4 nitrogen and oxygen atoms in total. The number of nitrogens with zero attached hydrogens (tertiary/aromatic N) is 3. The first kappa shape index (κ1) is 10.4. The van der Waals surface area contributed by atoms with E-state index in [1.165, 1.54) is 6.33 Å². The van der Waals surface area contributed by atoms with Gasteiger partial charge in [-0.15, -0.1) is 0 Å². The molecule has 86 valence electrons. The number of rotatable bonds is 1. The summed E-state index contributed by atoms with van der Waals surface area (Å²) in [7, 11) is 3.59. The maximum Gasteiger partial charge on any atom is 0.156 e. The highest BCUT2D eigenvalue weighted by atomic mass is 35.5. The van der Waals surface area contributed by atoms with Gasteiger partial charge < -0.3 is 9.30 Å². The van der Waals surface area contributed by atoms with Gasteiger partial charge in [0.25, 0.3) is 0 Å². The maximum absolute atomic E-state index is 6.10. The van der Waals surface area contributed by atoms with Crippen LogP contribution in [0.4, 0.5) is 0 Å². The molecule has 0 spiro atoms. The Morgan fingerprint density at radius 3 is 2.88 bits per heavy atom. The molecule has 0 amide bonds. The van der Waals surface area contributed by atoms with Crippen LogP contribution in [0.3, 0.4) is 0 Å². The monoisotopic (exact) mass is 247 g/mol. The molecule has 0 atom stereocenters. The number of aryl methyl sites for hydroxylation is 1. The van der Waals surface area contributed by atoms with Crippen LogP contribution in [0.1, 0.15) is 0 Å². The molecule has 0 unspecified atom stereocenters. The van der Waals surface area contributed by atoms with E-state index in [9.17, 15) is 0 Å². The highest BCUT2D eigenvalue weighted by Crippen LogP contribution is 2.31. The number of methoxy groups -OCH3 is 1. The fraction of sp³-hybridized carbons (Fsp3) is 0.167. The largest absolute Gasteiger partial charge is 0.497 e. The molecule has 17 heavy (non-hydrogen) atoms. The Hall–Kier alpha value is -1.81. The molecule has 0 aliphatic rings. The van der Waals surface area contributed by atoms with Crippen molar-refractivity contribution in [1.82, 2.24) is 14.5 Å². The Kier molecular flexibility index (Phi) is 2.19. The normalized spacial score (nSPS) is 11.2. The van der Waals surface area contributed by atoms with Crippen LogP contribution in [0.25, 0.3) is 21.9 Å². The fourth-order valence-electron chi connectivity index (χ4n) is 2.09. The summed E-state index contributed by atoms with van der Waals surface area (Å²) in [4.78, 5) is 8.30. The van der Waals surface area contributed by atoms with E-state index in [2.05, 4.69) is 9.97 Å². The van der Waals surface area contributed by atoms with Crippen LogP contribution in [0, 0.1) is 0 Å². The Morgan fingerprint density at radius 1 is 1.29 bits per heavy atom. The average molecular weight is 248 g/mol. The lowest BCUT2D eigenvalue weighted by atomic mass is 10.2. The zero-order valence-electron chi connectivity index (χ0n) is 9.44. The first-order valence-corrected chi connectivity index (χ1v) is 5.53. The number of ether oxygens (including phenoxy) is 1. The molecule has 0 aliphatic heterocycles. The van der Waals surface area contributed by atoms with Gasteiger partial charge in [-0.2, -0.15) is 0 Å². The zero-order valence-corrected chi connectivity index (χ0v) is 10.2. The minimum absolute atomic E-state index is 0.465. The Bertz CT molecular complexity index is 720. The molecular weight excluding hydrogens is 238 g/mol. The molecule has 5 heteroatoms. The predicted octanol–water partition coefficient (Wildman–Crippen LogP) is 2.78. The summed E-state index contributed by atoms with van der Waals surface area (Å²) in [5.41, 5.74) is 2.74. The maximum atomic E-state index is 6.10. The standard InChI is InChI=1S/C12H10ClN3O/c1-16-9-5-7(17-2)3-4-8(9)10-11(16)12(13)15-6-14-10/h3-6H,1-2H3. The van der Waals surface area contributed by atoms with Crippen molar-refractivity contribution in [3.63, 3.8) is 0 Å². The van der Waals surface area contributed by atoms with E-state index in [4.69, 9.17) is 16.3 Å². The second-order valence-electron chi connectivity index (χ2n) is 3.80. The summed E-state index contributed by atoms with van der Waals surface area (Å²) < 4.78 is 7.20. The van der Waals surface area contributed by atoms with Crippen molar-refractivity contribution in [3.05, 3.63) is 29.7 Å². The van der Waals surface area contributed by atoms with E-state index >= 15 is 0 Å². The number of hydrogen-bond donors (Lipinski definition) is 0. The highest BCUT2D eigenvalue weighted by molar-refractivity contribution is 6.34. The minimum Gasteiger partial charge on any atom is -0.497 e. The molecule has 2 heterocycles. The van der Waals surface area contributed by atoms with Crippen molar-refractivity contribution in [1.29, 1.82) is 0 Å². The van der Waals surface area contributed by atoms with E-state index in [1.54, 1.807) is 7.11 Å². The second kappa shape index (κ2) is 3.60. The number of aromatic nitrogens is 3. The van der Waals surface area contributed by atoms with Gasteiger partial charge in [-0.05, 0) is 12.1 Å². The second-order valence-corrected chi connectivity index (χ2v) is 4.16. The lowest BCUT2D eigenvalue weighted by Crippen LogP contribution is -1.90. The van der Waals surface area contributed by atoms with Gasteiger partial charge in [0.05, 0.1) is 12.6 Å². The van der Waals surface area contributed by atoms with Crippen LogP contribution in [0.5, 0.6) is 5.75 Å². The van der Waals surface area contributed by atoms with Gasteiger partial charge >= 0.3 is 0 Å². The van der Waals surface area contributed by atoms with Gasteiger partial charge in [-0.3, -0.25) is 0 Å². The van der Waals surface area contributed by atoms with Crippen molar-refractivity contribution in [3.8, 4) is 5.75 Å². The van der Waals surface area contributed by atoms with Crippen LogP contribution >= 0.6 is 11.6 Å². The van der Waals surface area contributed by atoms with Crippen molar-refractivity contribution in [2.24, 2.45) is 7.05 Å². The van der Waals surface area contributed by atoms with Gasteiger partial charge in [0.2, 0.25) is 0 Å². The van der Waals surface area contributed by atoms with Gasteiger partial charge in [0.1, 0.15) is 23.1 Å². The van der Waals surface area contributed by atoms with E-state index in [0.717, 1.165) is 27.7 Å². The Morgan fingerprint density at radius 2 is 2.12 bits per heavy atom. The summed E-state index contributed by atoms with van der Waals surface area (Å²) in [6, 6.07) is 5.87. The molecule has 0 aliphatic carbocycles. The quantitative estimate of drug-likeness (QED) is 0.621. The summed E-state index contributed by atoms with van der Waals surface area (Å²) in [5.74, 6) is 0.812. The van der Waals surface area contributed by atoms with Crippen molar-refractivity contribution in [2.75, 3.05) is 7.11 Å². The fourth-order valence-corrected chi connectivity index (χ4v) is 2.35. The van der Waals surface area contributed by atoms with Crippen molar-refractivity contribution in [2.45, 2.75) is 0 Å². The van der Waals surface area contributed by atoms with E-state index in [1.807, 2.05) is 29.8 Å². The zero-order chi connectivity index (χ0) is 12.0. The Labute approximate surface area is 103 Å². The van der Waals surface area contributed by atoms with Crippen LogP contribution in [0.2, 0.25) is 5.15 Å². The Balaban J connectivity index is 2.53. The topological polar surface area (TPSA) is 39.9 Å². The van der Waals surface area contributed by atoms with E-state index in [0.29, 0.717) is 5.15 Å². The molecule has 0 radical (unpaired) electrons. The first-order valence-electron chi connectivity index (χ1n) is 5.15. The number of hydrogen-bond acceptors (Lipinski definition) is 3. The average Bonchev–Trinajstić information content (AvgIpc) is 2.64. The summed E-state index contributed by atoms with van der Waals surface area (Å²) in [5, 5.41) is 1.51. The smallest absolute Gasteiger partial charge is 0.156 e. The molecule has 0 fully saturated rings. The summed E-state index contributed by atoms with van der Waals surface area (Å²) in [6.45, 7) is 0. The molecule has 1 aromatic carbocycles. The van der Waals surface area contributed by atoms with Crippen LogP contribution in [-0.4, -0.2) is 21.6 Å². The highest BCUT2D eigenvalue weighted by Gasteiger charge is 2.13. The van der Waals surface area contributed by atoms with Crippen LogP contribution < -0.4 is 4.74 Å². The van der Waals surface area contributed by atoms with Gasteiger partial charge in [0, 0.05) is 18.5 Å². The van der Waals surface area contributed by atoms with Crippen molar-refractivity contribution < 1.29 is 4.74 Å². The first-order chi connectivity index (χ1) is 8.22. The van der Waals surface area contributed by atoms with E-state index < -0.39 is 0 Å². The van der Waals surface area contributed by atoms with Crippen LogP contribution in [0.15, 0.2) is 24.5 Å². The SMILES string of the molecule is COc1ccc2c3ncnc(Cl)c3n(C)c2c1. The molecule has 0 bridgehead atoms.